The van der Waals surface area contributed by atoms with Gasteiger partial charge in [-0.1, -0.05) is 17.3 Å². The SMILES string of the molecule is COc1ccccc1OC(C)C(=O)N1CCC[C@@H]1Cn1cc(-c2ccn(C)n2)nn1. The number of nitrogens with zero attached hydrogens (tertiary/aromatic N) is 6. The maximum Gasteiger partial charge on any atom is 0.263 e. The van der Waals surface area contributed by atoms with E-state index in [0.717, 1.165) is 24.2 Å². The van der Waals surface area contributed by atoms with Crippen molar-refractivity contribution in [3.05, 3.63) is 42.7 Å². The molecule has 0 radical (unpaired) electrons. The van der Waals surface area contributed by atoms with Gasteiger partial charge in [-0.2, -0.15) is 5.10 Å². The molecule has 1 amide bonds. The monoisotopic (exact) mass is 410 g/mol. The standard InChI is InChI=1S/C21H26N6O3/c1-15(30-20-9-5-4-8-19(20)29-3)21(28)27-11-6-7-16(27)13-26-14-18(22-24-26)17-10-12-25(2)23-17/h4-5,8-10,12,14-16H,6-7,11,13H2,1-3H3/t15?,16-/m1/s1. The largest absolute Gasteiger partial charge is 0.493 e. The zero-order valence-electron chi connectivity index (χ0n) is 17.4. The van der Waals surface area contributed by atoms with E-state index in [4.69, 9.17) is 9.47 Å². The highest BCUT2D eigenvalue weighted by Gasteiger charge is 2.33. The normalized spacial score (nSPS) is 17.2. The van der Waals surface area contributed by atoms with Crippen molar-refractivity contribution in [3.63, 3.8) is 0 Å². The predicted molar refractivity (Wildman–Crippen MR) is 110 cm³/mol. The van der Waals surface area contributed by atoms with Gasteiger partial charge >= 0.3 is 0 Å². The molecule has 0 N–H and O–H groups in total. The molecule has 0 bridgehead atoms. The molecule has 1 aliphatic rings. The number of aromatic nitrogens is 5. The molecule has 1 saturated heterocycles. The molecular weight excluding hydrogens is 384 g/mol. The van der Waals surface area contributed by atoms with Crippen molar-refractivity contribution < 1.29 is 14.3 Å². The lowest BCUT2D eigenvalue weighted by atomic mass is 10.2. The molecule has 0 saturated carbocycles. The zero-order valence-corrected chi connectivity index (χ0v) is 17.4. The van der Waals surface area contributed by atoms with E-state index in [1.54, 1.807) is 29.5 Å². The van der Waals surface area contributed by atoms with E-state index in [0.29, 0.717) is 24.6 Å². The van der Waals surface area contributed by atoms with Gasteiger partial charge in [-0.25, -0.2) is 4.68 Å². The van der Waals surface area contributed by atoms with Gasteiger partial charge in [0.05, 0.1) is 25.9 Å². The number of benzene rings is 1. The van der Waals surface area contributed by atoms with Crippen molar-refractivity contribution in [2.45, 2.75) is 38.5 Å². The van der Waals surface area contributed by atoms with Gasteiger partial charge in [0.15, 0.2) is 17.6 Å². The Labute approximate surface area is 175 Å². The van der Waals surface area contributed by atoms with Crippen LogP contribution in [0, 0.1) is 0 Å². The summed E-state index contributed by atoms with van der Waals surface area (Å²) in [5.74, 6) is 1.14. The Morgan fingerprint density at radius 3 is 2.77 bits per heavy atom. The lowest BCUT2D eigenvalue weighted by Crippen LogP contribution is -2.44. The quantitative estimate of drug-likeness (QED) is 0.593. The summed E-state index contributed by atoms with van der Waals surface area (Å²) in [4.78, 5) is 15.0. The van der Waals surface area contributed by atoms with Crippen LogP contribution >= 0.6 is 0 Å². The Morgan fingerprint density at radius 2 is 2.03 bits per heavy atom. The van der Waals surface area contributed by atoms with Crippen LogP contribution in [0.2, 0.25) is 0 Å². The van der Waals surface area contributed by atoms with Crippen molar-refractivity contribution in [1.29, 1.82) is 0 Å². The maximum atomic E-state index is 13.1. The van der Waals surface area contributed by atoms with E-state index in [1.165, 1.54) is 0 Å². The molecule has 4 rings (SSSR count). The highest BCUT2D eigenvalue weighted by Crippen LogP contribution is 2.28. The van der Waals surface area contributed by atoms with Gasteiger partial charge in [0, 0.05) is 19.8 Å². The first-order chi connectivity index (χ1) is 14.5. The minimum Gasteiger partial charge on any atom is -0.493 e. The lowest BCUT2D eigenvalue weighted by molar-refractivity contribution is -0.139. The van der Waals surface area contributed by atoms with Gasteiger partial charge in [-0.3, -0.25) is 9.48 Å². The molecule has 0 spiro atoms. The average molecular weight is 410 g/mol. The van der Waals surface area contributed by atoms with Crippen LogP contribution in [0.4, 0.5) is 0 Å². The van der Waals surface area contributed by atoms with Crippen LogP contribution in [0.25, 0.3) is 11.4 Å². The molecular formula is C21H26N6O3. The number of hydrogen-bond donors (Lipinski definition) is 0. The number of methoxy groups -OCH3 is 1. The molecule has 30 heavy (non-hydrogen) atoms. The summed E-state index contributed by atoms with van der Waals surface area (Å²) < 4.78 is 14.7. The third-order valence-corrected chi connectivity index (χ3v) is 5.29. The topological polar surface area (TPSA) is 87.3 Å². The number of hydrogen-bond acceptors (Lipinski definition) is 6. The second kappa shape index (κ2) is 8.56. The number of amides is 1. The van der Waals surface area contributed by atoms with E-state index in [9.17, 15) is 4.79 Å². The van der Waals surface area contributed by atoms with E-state index >= 15 is 0 Å². The fraction of sp³-hybridized carbons (Fsp3) is 0.429. The van der Waals surface area contributed by atoms with Crippen LogP contribution < -0.4 is 9.47 Å². The van der Waals surface area contributed by atoms with E-state index in [1.807, 2.05) is 48.6 Å². The zero-order chi connectivity index (χ0) is 21.1. The fourth-order valence-electron chi connectivity index (χ4n) is 3.78. The highest BCUT2D eigenvalue weighted by atomic mass is 16.5. The van der Waals surface area contributed by atoms with Crippen molar-refractivity contribution >= 4 is 5.91 Å². The number of rotatable bonds is 7. The summed E-state index contributed by atoms with van der Waals surface area (Å²) in [6.45, 7) is 3.08. The number of carbonyl (C=O) groups excluding carboxylic acids is 1. The third kappa shape index (κ3) is 4.14. The molecule has 1 unspecified atom stereocenters. The average Bonchev–Trinajstić information content (AvgIpc) is 3.49. The molecule has 3 aromatic rings. The van der Waals surface area contributed by atoms with Gasteiger partial charge in [0.1, 0.15) is 11.4 Å². The Bertz CT molecular complexity index is 1010. The first-order valence-electron chi connectivity index (χ1n) is 10.1. The number of likely N-dealkylation sites (tertiary alicyclic amines) is 1. The molecule has 2 aromatic heterocycles. The van der Waals surface area contributed by atoms with Crippen LogP contribution in [-0.4, -0.2) is 61.4 Å². The second-order valence-electron chi connectivity index (χ2n) is 7.44. The number of ether oxygens (including phenoxy) is 2. The summed E-state index contributed by atoms with van der Waals surface area (Å²) in [7, 11) is 3.45. The first-order valence-corrected chi connectivity index (χ1v) is 10.1. The maximum absolute atomic E-state index is 13.1. The number of aryl methyl sites for hydroxylation is 1. The lowest BCUT2D eigenvalue weighted by Gasteiger charge is -2.27. The third-order valence-electron chi connectivity index (χ3n) is 5.29. The number of carbonyl (C=O) groups is 1. The van der Waals surface area contributed by atoms with Crippen LogP contribution in [-0.2, 0) is 18.4 Å². The smallest absolute Gasteiger partial charge is 0.263 e. The predicted octanol–water partition coefficient (Wildman–Crippen LogP) is 2.15. The van der Waals surface area contributed by atoms with Crippen molar-refractivity contribution in [2.75, 3.05) is 13.7 Å². The summed E-state index contributed by atoms with van der Waals surface area (Å²) >= 11 is 0. The van der Waals surface area contributed by atoms with Crippen LogP contribution in [0.3, 0.4) is 0 Å². The van der Waals surface area contributed by atoms with Gasteiger partial charge in [0.25, 0.3) is 5.91 Å². The molecule has 2 atom stereocenters. The molecule has 1 aliphatic heterocycles. The van der Waals surface area contributed by atoms with Crippen molar-refractivity contribution in [2.24, 2.45) is 7.05 Å². The molecule has 1 aromatic carbocycles. The Kier molecular flexibility index (Phi) is 5.69. The van der Waals surface area contributed by atoms with Crippen molar-refractivity contribution in [1.82, 2.24) is 29.7 Å². The summed E-state index contributed by atoms with van der Waals surface area (Å²) in [6.07, 6.45) is 5.01. The van der Waals surface area contributed by atoms with E-state index in [2.05, 4.69) is 15.4 Å². The Hall–Kier alpha value is -3.36. The van der Waals surface area contributed by atoms with Crippen LogP contribution in [0.5, 0.6) is 11.5 Å². The highest BCUT2D eigenvalue weighted by molar-refractivity contribution is 5.81. The molecule has 0 aliphatic carbocycles. The molecule has 9 heteroatoms. The second-order valence-corrected chi connectivity index (χ2v) is 7.44. The van der Waals surface area contributed by atoms with E-state index in [-0.39, 0.29) is 11.9 Å². The van der Waals surface area contributed by atoms with Gasteiger partial charge in [0.2, 0.25) is 0 Å². The summed E-state index contributed by atoms with van der Waals surface area (Å²) in [6, 6.07) is 9.30. The molecule has 1 fully saturated rings. The Balaban J connectivity index is 1.41. The number of para-hydroxylation sites is 2. The molecule has 158 valence electrons. The minimum atomic E-state index is -0.610. The van der Waals surface area contributed by atoms with Gasteiger partial charge in [-0.05, 0) is 38.0 Å². The molecule has 3 heterocycles. The molecule has 9 nitrogen and oxygen atoms in total. The van der Waals surface area contributed by atoms with Crippen LogP contribution in [0.15, 0.2) is 42.7 Å². The van der Waals surface area contributed by atoms with Gasteiger partial charge in [-0.15, -0.1) is 5.10 Å². The minimum absolute atomic E-state index is 0.0338. The first kappa shape index (κ1) is 19.9. The summed E-state index contributed by atoms with van der Waals surface area (Å²) in [5, 5.41) is 12.8. The van der Waals surface area contributed by atoms with Gasteiger partial charge < -0.3 is 14.4 Å². The van der Waals surface area contributed by atoms with Crippen molar-refractivity contribution in [3.8, 4) is 22.9 Å². The van der Waals surface area contributed by atoms with E-state index < -0.39 is 6.10 Å². The fourth-order valence-corrected chi connectivity index (χ4v) is 3.78. The van der Waals surface area contributed by atoms with Crippen LogP contribution in [0.1, 0.15) is 19.8 Å². The Morgan fingerprint density at radius 1 is 1.23 bits per heavy atom. The summed E-state index contributed by atoms with van der Waals surface area (Å²) in [5.41, 5.74) is 1.50.